The molecule has 1 atom stereocenters. The van der Waals surface area contributed by atoms with Gasteiger partial charge in [0.1, 0.15) is 6.04 Å². The number of fused-ring (bicyclic) bond motifs is 1. The lowest BCUT2D eigenvalue weighted by atomic mass is 10.1. The van der Waals surface area contributed by atoms with Crippen LogP contribution in [0.5, 0.6) is 0 Å². The van der Waals surface area contributed by atoms with E-state index in [1.165, 1.54) is 41.0 Å². The van der Waals surface area contributed by atoms with Crippen LogP contribution in [-0.2, 0) is 28.9 Å². The number of carbonyl (C=O) groups excluding carboxylic acids is 3. The van der Waals surface area contributed by atoms with Crippen molar-refractivity contribution in [2.75, 3.05) is 6.54 Å². The highest BCUT2D eigenvalue weighted by atomic mass is 32.1. The molecular formula is C21H25N3O3S2. The first-order valence-corrected chi connectivity index (χ1v) is 11.8. The van der Waals surface area contributed by atoms with E-state index in [0.29, 0.717) is 24.3 Å². The number of nitrogens with one attached hydrogen (secondary N) is 2. The first kappa shape index (κ1) is 20.1. The van der Waals surface area contributed by atoms with Gasteiger partial charge in [0, 0.05) is 16.3 Å². The van der Waals surface area contributed by atoms with Gasteiger partial charge in [-0.1, -0.05) is 12.5 Å². The van der Waals surface area contributed by atoms with Crippen LogP contribution in [0.2, 0.25) is 0 Å². The zero-order chi connectivity index (χ0) is 20.2. The van der Waals surface area contributed by atoms with Crippen molar-refractivity contribution in [1.29, 1.82) is 0 Å². The standard InChI is InChI=1S/C21H25N3O3S2/c25-19(13-15-7-5-11-28-15)24-10-4-8-16(24)20(26)22-23-21(27)18-12-14-6-2-1-3-9-17(14)29-18/h5,7,11-12,16H,1-4,6,8-10,13H2,(H,22,26)(H,23,27). The normalized spacial score (nSPS) is 18.8. The van der Waals surface area contributed by atoms with Gasteiger partial charge in [0.25, 0.3) is 11.8 Å². The van der Waals surface area contributed by atoms with Crippen molar-refractivity contribution in [2.45, 2.75) is 57.4 Å². The Labute approximate surface area is 178 Å². The molecule has 6 nitrogen and oxygen atoms in total. The third kappa shape index (κ3) is 4.70. The van der Waals surface area contributed by atoms with Gasteiger partial charge in [0.05, 0.1) is 11.3 Å². The minimum atomic E-state index is -0.525. The molecule has 8 heteroatoms. The van der Waals surface area contributed by atoms with Gasteiger partial charge in [-0.2, -0.15) is 0 Å². The molecule has 0 bridgehead atoms. The van der Waals surface area contributed by atoms with Gasteiger partial charge in [-0.3, -0.25) is 25.2 Å². The third-order valence-corrected chi connectivity index (χ3v) is 7.66. The van der Waals surface area contributed by atoms with E-state index in [1.807, 2.05) is 23.6 Å². The molecule has 1 unspecified atom stereocenters. The van der Waals surface area contributed by atoms with E-state index >= 15 is 0 Å². The molecule has 3 heterocycles. The average Bonchev–Trinajstić information content (AvgIpc) is 3.45. The molecule has 2 aliphatic rings. The van der Waals surface area contributed by atoms with Gasteiger partial charge in [0.15, 0.2) is 0 Å². The van der Waals surface area contributed by atoms with Gasteiger partial charge in [-0.15, -0.1) is 22.7 Å². The van der Waals surface area contributed by atoms with E-state index in [-0.39, 0.29) is 17.7 Å². The van der Waals surface area contributed by atoms with Crippen molar-refractivity contribution in [1.82, 2.24) is 15.8 Å². The zero-order valence-electron chi connectivity index (χ0n) is 16.2. The second-order valence-corrected chi connectivity index (χ2v) is 9.73. The van der Waals surface area contributed by atoms with Gasteiger partial charge in [0.2, 0.25) is 5.91 Å². The molecule has 2 aromatic rings. The summed E-state index contributed by atoms with van der Waals surface area (Å²) in [6.07, 6.45) is 7.35. The Hall–Kier alpha value is -2.19. The number of rotatable bonds is 4. The van der Waals surface area contributed by atoms with E-state index in [2.05, 4.69) is 10.9 Å². The summed E-state index contributed by atoms with van der Waals surface area (Å²) in [4.78, 5) is 42.3. The van der Waals surface area contributed by atoms with Crippen LogP contribution in [0.25, 0.3) is 0 Å². The average molecular weight is 432 g/mol. The summed E-state index contributed by atoms with van der Waals surface area (Å²) < 4.78 is 0. The summed E-state index contributed by atoms with van der Waals surface area (Å²) in [5, 5.41) is 1.94. The summed E-state index contributed by atoms with van der Waals surface area (Å²) in [7, 11) is 0. The van der Waals surface area contributed by atoms with Crippen LogP contribution in [0.15, 0.2) is 23.6 Å². The molecule has 1 saturated heterocycles. The number of thiophene rings is 2. The van der Waals surface area contributed by atoms with Crippen LogP contribution >= 0.6 is 22.7 Å². The first-order chi connectivity index (χ1) is 14.1. The quantitative estimate of drug-likeness (QED) is 0.577. The van der Waals surface area contributed by atoms with Crippen molar-refractivity contribution >= 4 is 40.4 Å². The van der Waals surface area contributed by atoms with Crippen LogP contribution in [0, 0.1) is 0 Å². The maximum atomic E-state index is 12.6. The molecule has 1 aliphatic heterocycles. The lowest BCUT2D eigenvalue weighted by Gasteiger charge is -2.23. The predicted molar refractivity (Wildman–Crippen MR) is 114 cm³/mol. The van der Waals surface area contributed by atoms with Crippen LogP contribution in [0.3, 0.4) is 0 Å². The van der Waals surface area contributed by atoms with Crippen molar-refractivity contribution in [3.05, 3.63) is 43.8 Å². The molecule has 1 fully saturated rings. The van der Waals surface area contributed by atoms with Gasteiger partial charge in [-0.05, 0) is 61.6 Å². The molecule has 1 aliphatic carbocycles. The Morgan fingerprint density at radius 1 is 1.10 bits per heavy atom. The van der Waals surface area contributed by atoms with E-state index in [4.69, 9.17) is 0 Å². The van der Waals surface area contributed by atoms with Gasteiger partial charge < -0.3 is 4.90 Å². The van der Waals surface area contributed by atoms with Crippen LogP contribution in [0.1, 0.15) is 57.1 Å². The summed E-state index contributed by atoms with van der Waals surface area (Å²) >= 11 is 3.06. The fraction of sp³-hybridized carbons (Fsp3) is 0.476. The van der Waals surface area contributed by atoms with Gasteiger partial charge in [-0.25, -0.2) is 0 Å². The van der Waals surface area contributed by atoms with Crippen LogP contribution in [-0.4, -0.2) is 35.2 Å². The van der Waals surface area contributed by atoms with Crippen molar-refractivity contribution in [3.63, 3.8) is 0 Å². The highest BCUT2D eigenvalue weighted by Gasteiger charge is 2.34. The molecule has 0 aromatic carbocycles. The summed E-state index contributed by atoms with van der Waals surface area (Å²) in [6.45, 7) is 0.577. The molecule has 2 N–H and O–H groups in total. The minimum Gasteiger partial charge on any atom is -0.330 e. The molecule has 0 spiro atoms. The van der Waals surface area contributed by atoms with Crippen LogP contribution in [0.4, 0.5) is 0 Å². The summed E-state index contributed by atoms with van der Waals surface area (Å²) in [5.74, 6) is -0.655. The lowest BCUT2D eigenvalue weighted by Crippen LogP contribution is -2.51. The monoisotopic (exact) mass is 431 g/mol. The smallest absolute Gasteiger partial charge is 0.279 e. The van der Waals surface area contributed by atoms with E-state index in [1.54, 1.807) is 16.2 Å². The number of carbonyl (C=O) groups is 3. The number of hydrazine groups is 1. The molecular weight excluding hydrogens is 406 g/mol. The van der Waals surface area contributed by atoms with Crippen molar-refractivity contribution in [3.8, 4) is 0 Å². The lowest BCUT2D eigenvalue weighted by molar-refractivity contribution is -0.138. The Morgan fingerprint density at radius 3 is 2.79 bits per heavy atom. The Bertz CT molecular complexity index is 868. The number of hydrogen-bond acceptors (Lipinski definition) is 5. The fourth-order valence-electron chi connectivity index (χ4n) is 4.04. The minimum absolute atomic E-state index is 0.0431. The SMILES string of the molecule is O=C(NNC(=O)C1CCCN1C(=O)Cc1cccs1)c1cc2c(s1)CCCCC2. The van der Waals surface area contributed by atoms with Crippen molar-refractivity contribution in [2.24, 2.45) is 0 Å². The number of nitrogens with zero attached hydrogens (tertiary/aromatic N) is 1. The first-order valence-electron chi connectivity index (χ1n) is 10.2. The molecule has 2 aromatic heterocycles. The molecule has 29 heavy (non-hydrogen) atoms. The molecule has 3 amide bonds. The van der Waals surface area contributed by atoms with E-state index in [0.717, 1.165) is 24.1 Å². The zero-order valence-corrected chi connectivity index (χ0v) is 17.9. The maximum absolute atomic E-state index is 12.6. The van der Waals surface area contributed by atoms with Crippen LogP contribution < -0.4 is 10.9 Å². The van der Waals surface area contributed by atoms with Gasteiger partial charge >= 0.3 is 0 Å². The largest absolute Gasteiger partial charge is 0.330 e. The summed E-state index contributed by atoms with van der Waals surface area (Å²) in [6, 6.07) is 5.28. The van der Waals surface area contributed by atoms with Crippen molar-refractivity contribution < 1.29 is 14.4 Å². The fourth-order valence-corrected chi connectivity index (χ4v) is 5.89. The second-order valence-electron chi connectivity index (χ2n) is 7.56. The highest BCUT2D eigenvalue weighted by molar-refractivity contribution is 7.14. The highest BCUT2D eigenvalue weighted by Crippen LogP contribution is 2.29. The number of likely N-dealkylation sites (tertiary alicyclic amines) is 1. The Balaban J connectivity index is 1.32. The number of amides is 3. The van der Waals surface area contributed by atoms with E-state index < -0.39 is 6.04 Å². The molecule has 0 saturated carbocycles. The Morgan fingerprint density at radius 2 is 1.97 bits per heavy atom. The second kappa shape index (κ2) is 9.09. The molecule has 4 rings (SSSR count). The summed E-state index contributed by atoms with van der Waals surface area (Å²) in [5.41, 5.74) is 6.35. The Kier molecular flexibility index (Phi) is 6.30. The third-order valence-electron chi connectivity index (χ3n) is 5.55. The maximum Gasteiger partial charge on any atom is 0.279 e. The van der Waals surface area contributed by atoms with E-state index in [9.17, 15) is 14.4 Å². The number of hydrogen-bond donors (Lipinski definition) is 2. The predicted octanol–water partition coefficient (Wildman–Crippen LogP) is 3.07. The molecule has 0 radical (unpaired) electrons. The topological polar surface area (TPSA) is 78.5 Å². The molecule has 154 valence electrons. The number of aryl methyl sites for hydroxylation is 2.